The maximum Gasteiger partial charge on any atom is 0.433 e. The Bertz CT molecular complexity index is 543. The molecule has 0 amide bonds. The van der Waals surface area contributed by atoms with Crippen LogP contribution in [0.1, 0.15) is 33.1 Å². The van der Waals surface area contributed by atoms with Gasteiger partial charge in [0.25, 0.3) is 0 Å². The highest BCUT2D eigenvalue weighted by atomic mass is 19.4. The Morgan fingerprint density at radius 1 is 1.38 bits per heavy atom. The van der Waals surface area contributed by atoms with Gasteiger partial charge in [0.1, 0.15) is 5.57 Å². The third-order valence-corrected chi connectivity index (χ3v) is 3.96. The minimum absolute atomic E-state index is 0.212. The number of ether oxygens (including phenoxy) is 1. The zero-order valence-corrected chi connectivity index (χ0v) is 13.5. The molecular weight excluding hydrogens is 329 g/mol. The molecule has 0 bridgehead atoms. The molecule has 0 unspecified atom stereocenters. The summed E-state index contributed by atoms with van der Waals surface area (Å²) in [6.45, 7) is 3.67. The van der Waals surface area contributed by atoms with Gasteiger partial charge in [-0.3, -0.25) is 9.79 Å². The number of alkyl halides is 3. The molecule has 6 nitrogen and oxygen atoms in total. The molecule has 0 aromatic carbocycles. The maximum absolute atomic E-state index is 13.1. The van der Waals surface area contributed by atoms with Crippen molar-refractivity contribution in [2.24, 2.45) is 22.6 Å². The van der Waals surface area contributed by atoms with E-state index in [-0.39, 0.29) is 37.3 Å². The van der Waals surface area contributed by atoms with Crippen molar-refractivity contribution in [3.05, 3.63) is 11.8 Å². The highest BCUT2D eigenvalue weighted by Gasteiger charge is 2.42. The number of rotatable bonds is 5. The summed E-state index contributed by atoms with van der Waals surface area (Å²) < 4.78 is 44.3. The molecular formula is C15H21F3N2O4. The van der Waals surface area contributed by atoms with Gasteiger partial charge < -0.3 is 15.6 Å². The lowest BCUT2D eigenvalue weighted by atomic mass is 9.78. The summed E-state index contributed by atoms with van der Waals surface area (Å²) in [7, 11) is 0. The zero-order valence-electron chi connectivity index (χ0n) is 13.5. The highest BCUT2D eigenvalue weighted by molar-refractivity contribution is 6.21. The number of nitrogens with two attached hydrogens (primary N) is 1. The summed E-state index contributed by atoms with van der Waals surface area (Å²) in [6.07, 6.45) is -3.72. The van der Waals surface area contributed by atoms with Crippen molar-refractivity contribution in [1.29, 1.82) is 0 Å². The predicted octanol–water partition coefficient (Wildman–Crippen LogP) is 2.28. The number of carbonyl (C=O) groups is 2. The van der Waals surface area contributed by atoms with Crippen LogP contribution in [0.2, 0.25) is 0 Å². The van der Waals surface area contributed by atoms with E-state index in [4.69, 9.17) is 15.6 Å². The van der Waals surface area contributed by atoms with E-state index in [0.717, 1.165) is 0 Å². The number of carbonyl (C=O) groups excluding carboxylic acids is 1. The van der Waals surface area contributed by atoms with Gasteiger partial charge in [-0.25, -0.2) is 4.79 Å². The summed E-state index contributed by atoms with van der Waals surface area (Å²) in [5.74, 6) is -2.75. The first kappa shape index (κ1) is 20.0. The first-order chi connectivity index (χ1) is 11.1. The molecule has 0 spiro atoms. The molecule has 0 aromatic rings. The Morgan fingerprint density at radius 2 is 2.00 bits per heavy atom. The summed E-state index contributed by atoms with van der Waals surface area (Å²) in [5, 5.41) is 8.87. The van der Waals surface area contributed by atoms with Crippen molar-refractivity contribution in [1.82, 2.24) is 0 Å². The number of carboxylic acid groups (broad SMARTS) is 1. The highest BCUT2D eigenvalue weighted by Crippen LogP contribution is 2.34. The molecule has 9 heteroatoms. The summed E-state index contributed by atoms with van der Waals surface area (Å²) >= 11 is 0. The average molecular weight is 350 g/mol. The number of hydrogen-bond donors (Lipinski definition) is 2. The lowest BCUT2D eigenvalue weighted by Crippen LogP contribution is -2.35. The molecule has 3 atom stereocenters. The third-order valence-electron chi connectivity index (χ3n) is 3.96. The van der Waals surface area contributed by atoms with Crippen LogP contribution in [-0.4, -0.2) is 41.6 Å². The molecule has 24 heavy (non-hydrogen) atoms. The fraction of sp³-hybridized carbons (Fsp3) is 0.667. The lowest BCUT2D eigenvalue weighted by molar-refractivity contribution is -0.151. The Hall–Kier alpha value is -2.06. The normalized spacial score (nSPS) is 26.1. The topological polar surface area (TPSA) is 102 Å². The Kier molecular flexibility index (Phi) is 6.80. The smallest absolute Gasteiger partial charge is 0.433 e. The number of esters is 1. The summed E-state index contributed by atoms with van der Waals surface area (Å²) in [5.41, 5.74) is 2.44. The SMILES string of the molecule is CCOC(=O)[C@H]1CC[C@H](N=C(C(=CN)C(=O)O)C(F)(F)F)C[C@@H]1C. The predicted molar refractivity (Wildman–Crippen MR) is 80.3 cm³/mol. The number of aliphatic imine (C=N–C) groups is 1. The van der Waals surface area contributed by atoms with Crippen LogP contribution in [0, 0.1) is 11.8 Å². The second-order valence-electron chi connectivity index (χ2n) is 5.66. The Morgan fingerprint density at radius 3 is 2.42 bits per heavy atom. The molecule has 1 aliphatic rings. The first-order valence-electron chi connectivity index (χ1n) is 7.58. The van der Waals surface area contributed by atoms with Gasteiger partial charge in [0, 0.05) is 6.20 Å². The third kappa shape index (κ3) is 4.97. The van der Waals surface area contributed by atoms with Gasteiger partial charge >= 0.3 is 18.1 Å². The standard InChI is InChI=1S/C15H21F3N2O4/c1-3-24-14(23)10-5-4-9(6-8(10)2)20-12(15(16,17)18)11(7-19)13(21)22/h7-10H,3-6,19H2,1-2H3,(H,21,22)/t8-,9-,10-/m0/s1. The van der Waals surface area contributed by atoms with Crippen molar-refractivity contribution in [2.75, 3.05) is 6.61 Å². The minimum Gasteiger partial charge on any atom is -0.478 e. The summed E-state index contributed by atoms with van der Waals surface area (Å²) in [4.78, 5) is 26.3. The maximum atomic E-state index is 13.1. The van der Waals surface area contributed by atoms with Gasteiger partial charge in [-0.1, -0.05) is 6.92 Å². The molecule has 1 fully saturated rings. The quantitative estimate of drug-likeness (QED) is 0.450. The van der Waals surface area contributed by atoms with E-state index in [2.05, 4.69) is 4.99 Å². The second-order valence-corrected chi connectivity index (χ2v) is 5.66. The van der Waals surface area contributed by atoms with E-state index in [1.54, 1.807) is 13.8 Å². The molecule has 3 N–H and O–H groups in total. The van der Waals surface area contributed by atoms with E-state index in [9.17, 15) is 22.8 Å². The Labute approximate surface area is 137 Å². The van der Waals surface area contributed by atoms with Crippen LogP contribution in [0.25, 0.3) is 0 Å². The van der Waals surface area contributed by atoms with Crippen LogP contribution in [0.4, 0.5) is 13.2 Å². The monoisotopic (exact) mass is 350 g/mol. The molecule has 0 heterocycles. The van der Waals surface area contributed by atoms with Gasteiger partial charge in [-0.2, -0.15) is 13.2 Å². The molecule has 0 saturated heterocycles. The molecule has 0 radical (unpaired) electrons. The van der Waals surface area contributed by atoms with Gasteiger partial charge in [0.15, 0.2) is 5.71 Å². The van der Waals surface area contributed by atoms with E-state index < -0.39 is 29.5 Å². The van der Waals surface area contributed by atoms with Gasteiger partial charge in [0.2, 0.25) is 0 Å². The molecule has 1 rings (SSSR count). The summed E-state index contributed by atoms with van der Waals surface area (Å²) in [6, 6.07) is -0.725. The number of nitrogens with zero attached hydrogens (tertiary/aromatic N) is 1. The van der Waals surface area contributed by atoms with Crippen molar-refractivity contribution in [3.8, 4) is 0 Å². The van der Waals surface area contributed by atoms with Gasteiger partial charge in [0.05, 0.1) is 18.6 Å². The fourth-order valence-corrected chi connectivity index (χ4v) is 2.81. The van der Waals surface area contributed by atoms with E-state index in [0.29, 0.717) is 12.6 Å². The number of carboxylic acids is 1. The molecule has 1 aliphatic carbocycles. The van der Waals surface area contributed by atoms with E-state index in [1.807, 2.05) is 0 Å². The van der Waals surface area contributed by atoms with E-state index in [1.165, 1.54) is 0 Å². The van der Waals surface area contributed by atoms with Crippen LogP contribution >= 0.6 is 0 Å². The van der Waals surface area contributed by atoms with Crippen LogP contribution < -0.4 is 5.73 Å². The van der Waals surface area contributed by atoms with Crippen molar-refractivity contribution < 1.29 is 32.6 Å². The second kappa shape index (κ2) is 8.16. The van der Waals surface area contributed by atoms with Crippen molar-refractivity contribution in [2.45, 2.75) is 45.3 Å². The molecule has 0 aromatic heterocycles. The van der Waals surface area contributed by atoms with E-state index >= 15 is 0 Å². The minimum atomic E-state index is -4.93. The van der Waals surface area contributed by atoms with Gasteiger partial charge in [-0.15, -0.1) is 0 Å². The van der Waals surface area contributed by atoms with Crippen LogP contribution in [0.5, 0.6) is 0 Å². The lowest BCUT2D eigenvalue weighted by Gasteiger charge is -2.31. The number of aliphatic carboxylic acids is 1. The zero-order chi connectivity index (χ0) is 18.5. The number of hydrogen-bond acceptors (Lipinski definition) is 5. The van der Waals surface area contributed by atoms with Crippen molar-refractivity contribution in [3.63, 3.8) is 0 Å². The first-order valence-corrected chi connectivity index (χ1v) is 7.58. The number of halogens is 3. The fourth-order valence-electron chi connectivity index (χ4n) is 2.81. The van der Waals surface area contributed by atoms with Crippen LogP contribution in [-0.2, 0) is 14.3 Å². The average Bonchev–Trinajstić information content (AvgIpc) is 2.46. The largest absolute Gasteiger partial charge is 0.478 e. The molecule has 1 saturated carbocycles. The molecule has 0 aliphatic heterocycles. The van der Waals surface area contributed by atoms with Crippen molar-refractivity contribution >= 4 is 17.7 Å². The van der Waals surface area contributed by atoms with Crippen LogP contribution in [0.15, 0.2) is 16.8 Å². The van der Waals surface area contributed by atoms with Gasteiger partial charge in [-0.05, 0) is 32.1 Å². The Balaban J connectivity index is 2.98. The molecule has 136 valence electrons. The van der Waals surface area contributed by atoms with Crippen LogP contribution in [0.3, 0.4) is 0 Å².